The second-order valence-corrected chi connectivity index (χ2v) is 7.63. The zero-order valence-corrected chi connectivity index (χ0v) is 18.2. The number of methoxy groups -OCH3 is 1. The van der Waals surface area contributed by atoms with E-state index in [1.54, 1.807) is 37.3 Å². The number of rotatable bonds is 6. The predicted molar refractivity (Wildman–Crippen MR) is 123 cm³/mol. The van der Waals surface area contributed by atoms with Crippen LogP contribution in [0.15, 0.2) is 70.0 Å². The van der Waals surface area contributed by atoms with Gasteiger partial charge < -0.3 is 14.8 Å². The summed E-state index contributed by atoms with van der Waals surface area (Å²) in [5, 5.41) is 9.17. The van der Waals surface area contributed by atoms with E-state index in [1.165, 1.54) is 23.1 Å². The van der Waals surface area contributed by atoms with E-state index in [9.17, 15) is 9.59 Å². The standard InChI is InChI=1S/C22H19N5O4S/c1-13-14(2)23-22(25-21(13)29)27-19(11-15(26-27)18-9-6-10-32-18)24-20(28)12-31-17-8-5-4-7-16(17)30-3/h4-11H,1,12H2,2-3H3,(H,24,28). The molecule has 1 aliphatic heterocycles. The molecule has 32 heavy (non-hydrogen) atoms. The number of para-hydroxylation sites is 2. The molecule has 0 saturated carbocycles. The van der Waals surface area contributed by atoms with Crippen LogP contribution in [0.4, 0.5) is 5.82 Å². The van der Waals surface area contributed by atoms with E-state index in [4.69, 9.17) is 9.47 Å². The Labute approximate surface area is 187 Å². The summed E-state index contributed by atoms with van der Waals surface area (Å²) in [6.45, 7) is 5.08. The highest BCUT2D eigenvalue weighted by Crippen LogP contribution is 2.28. The van der Waals surface area contributed by atoms with E-state index in [1.807, 2.05) is 17.5 Å². The lowest BCUT2D eigenvalue weighted by Crippen LogP contribution is -2.27. The number of aromatic nitrogens is 2. The van der Waals surface area contributed by atoms with E-state index in [-0.39, 0.29) is 18.1 Å². The van der Waals surface area contributed by atoms with Gasteiger partial charge in [-0.2, -0.15) is 14.8 Å². The molecule has 10 heteroatoms. The van der Waals surface area contributed by atoms with Crippen LogP contribution in [-0.4, -0.2) is 47.0 Å². The Morgan fingerprint density at radius 2 is 1.97 bits per heavy atom. The quantitative estimate of drug-likeness (QED) is 0.581. The summed E-state index contributed by atoms with van der Waals surface area (Å²) in [5.41, 5.74) is 1.26. The maximum Gasteiger partial charge on any atom is 0.281 e. The van der Waals surface area contributed by atoms with Crippen molar-refractivity contribution >= 4 is 40.6 Å². The maximum atomic E-state index is 12.6. The third-order valence-electron chi connectivity index (χ3n) is 4.53. The van der Waals surface area contributed by atoms with Crippen LogP contribution in [0.5, 0.6) is 11.5 Å². The van der Waals surface area contributed by atoms with Crippen LogP contribution in [0, 0.1) is 0 Å². The molecule has 0 atom stereocenters. The number of thiophene rings is 1. The highest BCUT2D eigenvalue weighted by molar-refractivity contribution is 7.13. The van der Waals surface area contributed by atoms with Gasteiger partial charge >= 0.3 is 0 Å². The molecule has 0 aliphatic carbocycles. The van der Waals surface area contributed by atoms with Crippen LogP contribution in [0.2, 0.25) is 0 Å². The Hall–Kier alpha value is -4.05. The van der Waals surface area contributed by atoms with Crippen LogP contribution >= 0.6 is 11.3 Å². The molecule has 3 heterocycles. The summed E-state index contributed by atoms with van der Waals surface area (Å²) >= 11 is 1.49. The van der Waals surface area contributed by atoms with Crippen molar-refractivity contribution in [2.24, 2.45) is 9.98 Å². The maximum absolute atomic E-state index is 12.6. The van der Waals surface area contributed by atoms with Gasteiger partial charge in [-0.15, -0.1) is 11.3 Å². The number of anilines is 1. The third-order valence-corrected chi connectivity index (χ3v) is 5.42. The van der Waals surface area contributed by atoms with Crippen LogP contribution in [0.3, 0.4) is 0 Å². The summed E-state index contributed by atoms with van der Waals surface area (Å²) in [6.07, 6.45) is 0. The number of carbonyl (C=O) groups excluding carboxylic acids is 2. The Morgan fingerprint density at radius 3 is 2.66 bits per heavy atom. The average Bonchev–Trinajstić information content (AvgIpc) is 3.46. The first-order valence-corrected chi connectivity index (χ1v) is 10.4. The molecule has 0 saturated heterocycles. The molecule has 2 amide bonds. The normalized spacial score (nSPS) is 13.4. The SMILES string of the molecule is C=C1C(=O)N=C(n2nc(-c3cccs3)cc2NC(=O)COc2ccccc2OC)N=C1C. The number of ether oxygens (including phenoxy) is 2. The Bertz CT molecular complexity index is 1260. The molecular formula is C22H19N5O4S. The van der Waals surface area contributed by atoms with Crippen molar-refractivity contribution in [3.05, 3.63) is 60.0 Å². The minimum atomic E-state index is -0.502. The van der Waals surface area contributed by atoms with Crippen molar-refractivity contribution in [3.8, 4) is 22.1 Å². The van der Waals surface area contributed by atoms with Crippen molar-refractivity contribution < 1.29 is 19.1 Å². The molecule has 1 N–H and O–H groups in total. The molecule has 0 unspecified atom stereocenters. The van der Waals surface area contributed by atoms with Crippen molar-refractivity contribution in [2.45, 2.75) is 6.92 Å². The highest BCUT2D eigenvalue weighted by Gasteiger charge is 2.22. The second kappa shape index (κ2) is 8.98. The van der Waals surface area contributed by atoms with Gasteiger partial charge in [0.2, 0.25) is 0 Å². The van der Waals surface area contributed by atoms with Crippen molar-refractivity contribution in [1.82, 2.24) is 9.78 Å². The zero-order valence-electron chi connectivity index (χ0n) is 17.4. The third kappa shape index (κ3) is 4.35. The van der Waals surface area contributed by atoms with Crippen LogP contribution < -0.4 is 14.8 Å². The van der Waals surface area contributed by atoms with Crippen molar-refractivity contribution in [1.29, 1.82) is 0 Å². The predicted octanol–water partition coefficient (Wildman–Crippen LogP) is 3.40. The fourth-order valence-corrected chi connectivity index (χ4v) is 3.56. The molecule has 1 aliphatic rings. The largest absolute Gasteiger partial charge is 0.493 e. The molecule has 3 aromatic rings. The molecule has 0 bridgehead atoms. The first-order chi connectivity index (χ1) is 15.5. The minimum absolute atomic E-state index is 0.0450. The van der Waals surface area contributed by atoms with E-state index in [0.29, 0.717) is 28.7 Å². The number of nitrogens with one attached hydrogen (secondary N) is 1. The van der Waals surface area contributed by atoms with Gasteiger partial charge in [-0.1, -0.05) is 24.8 Å². The van der Waals surface area contributed by atoms with E-state index >= 15 is 0 Å². The summed E-state index contributed by atoms with van der Waals surface area (Å²) in [4.78, 5) is 33.9. The topological polar surface area (TPSA) is 107 Å². The van der Waals surface area contributed by atoms with Gasteiger partial charge in [0.25, 0.3) is 17.8 Å². The first kappa shape index (κ1) is 21.2. The Kier molecular flexibility index (Phi) is 5.95. The second-order valence-electron chi connectivity index (χ2n) is 6.68. The van der Waals surface area contributed by atoms with Gasteiger partial charge in [-0.3, -0.25) is 9.59 Å². The Morgan fingerprint density at radius 1 is 1.19 bits per heavy atom. The van der Waals surface area contributed by atoms with E-state index < -0.39 is 11.8 Å². The highest BCUT2D eigenvalue weighted by atomic mass is 32.1. The lowest BCUT2D eigenvalue weighted by atomic mass is 10.2. The number of hydrogen-bond acceptors (Lipinski definition) is 7. The van der Waals surface area contributed by atoms with Gasteiger partial charge in [0, 0.05) is 6.07 Å². The number of hydrogen-bond donors (Lipinski definition) is 1. The Balaban J connectivity index is 1.60. The number of amides is 2. The number of aliphatic imine (C=N–C) groups is 2. The monoisotopic (exact) mass is 449 g/mol. The molecule has 4 rings (SSSR count). The molecule has 162 valence electrons. The summed E-state index contributed by atoms with van der Waals surface area (Å²) < 4.78 is 12.1. The van der Waals surface area contributed by atoms with Crippen molar-refractivity contribution in [3.63, 3.8) is 0 Å². The van der Waals surface area contributed by atoms with Crippen molar-refractivity contribution in [2.75, 3.05) is 19.0 Å². The molecule has 0 fully saturated rings. The smallest absolute Gasteiger partial charge is 0.281 e. The van der Waals surface area contributed by atoms with Gasteiger partial charge in [0.15, 0.2) is 18.1 Å². The van der Waals surface area contributed by atoms with Crippen LogP contribution in [0.25, 0.3) is 10.6 Å². The number of benzene rings is 1. The van der Waals surface area contributed by atoms with Gasteiger partial charge in [0.1, 0.15) is 11.5 Å². The van der Waals surface area contributed by atoms with Gasteiger partial charge in [0.05, 0.1) is 23.3 Å². The van der Waals surface area contributed by atoms with E-state index in [2.05, 4.69) is 27.0 Å². The van der Waals surface area contributed by atoms with Crippen LogP contribution in [0.1, 0.15) is 6.92 Å². The fraction of sp³-hybridized carbons (Fsp3) is 0.136. The molecule has 9 nitrogen and oxygen atoms in total. The lowest BCUT2D eigenvalue weighted by molar-refractivity contribution is -0.118. The van der Waals surface area contributed by atoms with Crippen LogP contribution in [-0.2, 0) is 9.59 Å². The fourth-order valence-electron chi connectivity index (χ4n) is 2.88. The lowest BCUT2D eigenvalue weighted by Gasteiger charge is -2.13. The molecular weight excluding hydrogens is 430 g/mol. The van der Waals surface area contributed by atoms with E-state index in [0.717, 1.165) is 4.88 Å². The number of nitrogens with zero attached hydrogens (tertiary/aromatic N) is 4. The van der Waals surface area contributed by atoms with Gasteiger partial charge in [-0.25, -0.2) is 4.99 Å². The number of carbonyl (C=O) groups is 2. The molecule has 0 radical (unpaired) electrons. The molecule has 1 aromatic carbocycles. The minimum Gasteiger partial charge on any atom is -0.493 e. The molecule has 0 spiro atoms. The average molecular weight is 449 g/mol. The summed E-state index contributed by atoms with van der Waals surface area (Å²) in [7, 11) is 1.52. The zero-order chi connectivity index (χ0) is 22.7. The summed E-state index contributed by atoms with van der Waals surface area (Å²) in [6, 6.07) is 12.5. The summed E-state index contributed by atoms with van der Waals surface area (Å²) in [5.74, 6) is 0.380. The first-order valence-electron chi connectivity index (χ1n) is 9.54. The van der Waals surface area contributed by atoms with Gasteiger partial charge in [-0.05, 0) is 30.5 Å². The molecule has 2 aromatic heterocycles.